The average molecular weight is 653 g/mol. The SMILES string of the molecule is C=C1CCC=C1C(CC1C(=C)CCC2C(C)(CC)C(C)CCC12C)C(C)/C=C(/C=C/C1CCCC2C(C)(CC)C(C)CCC12C)C(=C)C. The van der Waals surface area contributed by atoms with Gasteiger partial charge in [-0.1, -0.05) is 142 Å². The van der Waals surface area contributed by atoms with Gasteiger partial charge in [0.15, 0.2) is 0 Å². The van der Waals surface area contributed by atoms with Gasteiger partial charge in [-0.05, 0) is 158 Å². The number of hydrogen-bond donors (Lipinski definition) is 0. The molecule has 0 bridgehead atoms. The molecule has 0 saturated heterocycles. The van der Waals surface area contributed by atoms with Crippen LogP contribution in [0.25, 0.3) is 0 Å². The first-order valence-corrected chi connectivity index (χ1v) is 20.7. The van der Waals surface area contributed by atoms with Crippen molar-refractivity contribution in [3.05, 3.63) is 71.9 Å². The summed E-state index contributed by atoms with van der Waals surface area (Å²) < 4.78 is 0. The first-order chi connectivity index (χ1) is 22.6. The third kappa shape index (κ3) is 6.40. The number of fused-ring (bicyclic) bond motifs is 2. The molecule has 12 unspecified atom stereocenters. The largest absolute Gasteiger partial charge is 0.0996 e. The highest BCUT2D eigenvalue weighted by Crippen LogP contribution is 2.66. The Morgan fingerprint density at radius 3 is 2.04 bits per heavy atom. The van der Waals surface area contributed by atoms with Crippen LogP contribution in [0.1, 0.15) is 159 Å². The monoisotopic (exact) mass is 653 g/mol. The van der Waals surface area contributed by atoms with E-state index in [-0.39, 0.29) is 0 Å². The summed E-state index contributed by atoms with van der Waals surface area (Å²) in [4.78, 5) is 0. The Kier molecular flexibility index (Phi) is 11.2. The Morgan fingerprint density at radius 2 is 1.48 bits per heavy atom. The molecular weight excluding hydrogens is 577 g/mol. The molecule has 0 aromatic heterocycles. The second-order valence-corrected chi connectivity index (χ2v) is 19.3. The minimum absolute atomic E-state index is 0.337. The van der Waals surface area contributed by atoms with E-state index in [4.69, 9.17) is 6.58 Å². The van der Waals surface area contributed by atoms with Crippen LogP contribution >= 0.6 is 0 Å². The van der Waals surface area contributed by atoms with Crippen LogP contribution in [0.5, 0.6) is 0 Å². The molecule has 4 saturated carbocycles. The van der Waals surface area contributed by atoms with Crippen LogP contribution in [0.2, 0.25) is 0 Å². The lowest BCUT2D eigenvalue weighted by molar-refractivity contribution is -0.0989. The molecule has 5 aliphatic carbocycles. The van der Waals surface area contributed by atoms with Crippen molar-refractivity contribution < 1.29 is 0 Å². The van der Waals surface area contributed by atoms with Gasteiger partial charge in [-0.2, -0.15) is 0 Å². The normalized spacial score (nSPS) is 43.5. The lowest BCUT2D eigenvalue weighted by Gasteiger charge is -2.61. The van der Waals surface area contributed by atoms with Gasteiger partial charge in [0, 0.05) is 0 Å². The van der Waals surface area contributed by atoms with Gasteiger partial charge in [0.1, 0.15) is 0 Å². The van der Waals surface area contributed by atoms with Gasteiger partial charge in [-0.25, -0.2) is 0 Å². The van der Waals surface area contributed by atoms with Crippen LogP contribution in [0.3, 0.4) is 0 Å². The van der Waals surface area contributed by atoms with Crippen molar-refractivity contribution in [3.8, 4) is 0 Å². The first kappa shape index (κ1) is 37.7. The maximum atomic E-state index is 4.83. The van der Waals surface area contributed by atoms with E-state index < -0.39 is 0 Å². The molecular formula is C48H76. The maximum Gasteiger partial charge on any atom is -0.00961 e. The topological polar surface area (TPSA) is 0 Å². The lowest BCUT2D eigenvalue weighted by Crippen LogP contribution is -2.53. The van der Waals surface area contributed by atoms with Crippen LogP contribution in [-0.4, -0.2) is 0 Å². The van der Waals surface area contributed by atoms with E-state index in [1.54, 1.807) is 5.57 Å². The zero-order valence-corrected chi connectivity index (χ0v) is 33.4. The van der Waals surface area contributed by atoms with Gasteiger partial charge in [0.05, 0.1) is 0 Å². The Morgan fingerprint density at radius 1 is 0.875 bits per heavy atom. The van der Waals surface area contributed by atoms with Crippen molar-refractivity contribution in [2.24, 2.45) is 69.0 Å². The highest BCUT2D eigenvalue weighted by molar-refractivity contribution is 5.41. The summed E-state index contributed by atoms with van der Waals surface area (Å²) >= 11 is 0. The van der Waals surface area contributed by atoms with E-state index in [0.29, 0.717) is 45.3 Å². The average Bonchev–Trinajstić information content (AvgIpc) is 3.48. The molecule has 0 heteroatoms. The van der Waals surface area contributed by atoms with E-state index in [9.17, 15) is 0 Å². The molecule has 4 fully saturated rings. The Labute approximate surface area is 299 Å². The van der Waals surface area contributed by atoms with Gasteiger partial charge in [-0.15, -0.1) is 0 Å². The van der Waals surface area contributed by atoms with Crippen LogP contribution < -0.4 is 0 Å². The zero-order valence-electron chi connectivity index (χ0n) is 33.4. The standard InChI is InChI=1S/C48H76/c1-14-45(10)36(8)26-28-47(12)39(19-17-21-43(45)47)24-23-38(32(3)4)30-35(7)41(40-20-16-18-33(40)5)31-42-34(6)22-25-44-46(11,15-2)37(9)27-29-48(42,44)13/h20,23-24,30,35-37,39,41-44H,3,5-6,14-19,21-22,25-29,31H2,1-2,4,7-13H3/b24-23+,38-30-. The van der Waals surface area contributed by atoms with Gasteiger partial charge in [0.25, 0.3) is 0 Å². The molecule has 0 spiro atoms. The van der Waals surface area contributed by atoms with Crippen molar-refractivity contribution in [1.82, 2.24) is 0 Å². The summed E-state index contributed by atoms with van der Waals surface area (Å²) in [6.07, 6.45) is 28.6. The fourth-order valence-corrected chi connectivity index (χ4v) is 13.2. The summed E-state index contributed by atoms with van der Waals surface area (Å²) in [6.45, 7) is 39.3. The summed E-state index contributed by atoms with van der Waals surface area (Å²) in [5, 5.41) is 0. The van der Waals surface area contributed by atoms with Crippen molar-refractivity contribution in [2.45, 2.75) is 159 Å². The molecule has 0 heterocycles. The summed E-state index contributed by atoms with van der Waals surface area (Å²) in [5.41, 5.74) is 8.69. The lowest BCUT2D eigenvalue weighted by atomic mass is 9.43. The Hall–Kier alpha value is -1.56. The molecule has 0 aromatic carbocycles. The van der Waals surface area contributed by atoms with Gasteiger partial charge >= 0.3 is 0 Å². The van der Waals surface area contributed by atoms with Crippen molar-refractivity contribution in [1.29, 1.82) is 0 Å². The zero-order chi connectivity index (χ0) is 35.2. The van der Waals surface area contributed by atoms with E-state index in [2.05, 4.69) is 107 Å². The molecule has 48 heavy (non-hydrogen) atoms. The molecule has 5 aliphatic rings. The van der Waals surface area contributed by atoms with E-state index >= 15 is 0 Å². The minimum atomic E-state index is 0.337. The third-order valence-electron chi connectivity index (χ3n) is 17.3. The maximum absolute atomic E-state index is 4.83. The first-order valence-electron chi connectivity index (χ1n) is 20.7. The van der Waals surface area contributed by atoms with Crippen molar-refractivity contribution in [3.63, 3.8) is 0 Å². The summed E-state index contributed by atoms with van der Waals surface area (Å²) in [5.74, 6) is 5.39. The Balaban J connectivity index is 1.45. The number of rotatable bonds is 10. The van der Waals surface area contributed by atoms with Crippen LogP contribution in [-0.2, 0) is 0 Å². The molecule has 5 rings (SSSR count). The molecule has 0 N–H and O–H groups in total. The molecule has 0 amide bonds. The minimum Gasteiger partial charge on any atom is -0.0996 e. The van der Waals surface area contributed by atoms with E-state index in [1.807, 2.05) is 0 Å². The molecule has 0 aliphatic heterocycles. The fraction of sp³-hybridized carbons (Fsp3) is 0.750. The highest BCUT2D eigenvalue weighted by Gasteiger charge is 2.57. The summed E-state index contributed by atoms with van der Waals surface area (Å²) in [7, 11) is 0. The Bertz CT molecular complexity index is 1320. The molecule has 0 aromatic rings. The van der Waals surface area contributed by atoms with E-state index in [0.717, 1.165) is 36.5 Å². The third-order valence-corrected chi connectivity index (χ3v) is 17.3. The predicted molar refractivity (Wildman–Crippen MR) is 212 cm³/mol. The van der Waals surface area contributed by atoms with Crippen molar-refractivity contribution in [2.75, 3.05) is 0 Å². The van der Waals surface area contributed by atoms with Gasteiger partial charge in [-0.3, -0.25) is 0 Å². The highest BCUT2D eigenvalue weighted by atomic mass is 14.6. The van der Waals surface area contributed by atoms with E-state index in [1.165, 1.54) is 99.3 Å². The number of hydrogen-bond acceptors (Lipinski definition) is 0. The van der Waals surface area contributed by atoms with Crippen LogP contribution in [0, 0.1) is 69.0 Å². The number of allylic oxidation sites excluding steroid dienone is 9. The second-order valence-electron chi connectivity index (χ2n) is 19.3. The van der Waals surface area contributed by atoms with Crippen LogP contribution in [0.15, 0.2) is 71.9 Å². The van der Waals surface area contributed by atoms with Gasteiger partial charge in [0.2, 0.25) is 0 Å². The summed E-state index contributed by atoms with van der Waals surface area (Å²) in [6, 6.07) is 0. The second kappa shape index (κ2) is 14.2. The molecule has 0 nitrogen and oxygen atoms in total. The smallest absolute Gasteiger partial charge is 0.00961 e. The molecule has 268 valence electrons. The van der Waals surface area contributed by atoms with Crippen molar-refractivity contribution >= 4 is 0 Å². The van der Waals surface area contributed by atoms with Gasteiger partial charge < -0.3 is 0 Å². The van der Waals surface area contributed by atoms with Crippen LogP contribution in [0.4, 0.5) is 0 Å². The molecule has 12 atom stereocenters. The fourth-order valence-electron chi connectivity index (χ4n) is 13.2. The molecule has 0 radical (unpaired) electrons. The quantitative estimate of drug-likeness (QED) is 0.163. The predicted octanol–water partition coefficient (Wildman–Crippen LogP) is 14.7.